The SMILES string of the molecule is C=C1CCC(=O)N1ON. The molecule has 1 rings (SSSR count). The van der Waals surface area contributed by atoms with Crippen LogP contribution in [0.5, 0.6) is 0 Å². The Hall–Kier alpha value is -0.870. The van der Waals surface area contributed by atoms with Crippen LogP contribution in [0.1, 0.15) is 12.8 Å². The Labute approximate surface area is 52.8 Å². The molecule has 2 N–H and O–H groups in total. The van der Waals surface area contributed by atoms with Crippen LogP contribution in [0.2, 0.25) is 0 Å². The van der Waals surface area contributed by atoms with Crippen molar-refractivity contribution >= 4 is 5.91 Å². The van der Waals surface area contributed by atoms with Gasteiger partial charge in [-0.25, -0.2) is 0 Å². The molecule has 0 saturated carbocycles. The van der Waals surface area contributed by atoms with E-state index >= 15 is 0 Å². The number of carbonyl (C=O) groups is 1. The van der Waals surface area contributed by atoms with Gasteiger partial charge in [-0.2, -0.15) is 15.9 Å². The predicted molar refractivity (Wildman–Crippen MR) is 30.5 cm³/mol. The van der Waals surface area contributed by atoms with Gasteiger partial charge in [-0.15, -0.1) is 0 Å². The van der Waals surface area contributed by atoms with Crippen LogP contribution < -0.4 is 5.90 Å². The van der Waals surface area contributed by atoms with Crippen LogP contribution in [0.15, 0.2) is 12.3 Å². The highest BCUT2D eigenvalue weighted by molar-refractivity contribution is 5.79. The van der Waals surface area contributed by atoms with Gasteiger partial charge in [0.15, 0.2) is 0 Å². The van der Waals surface area contributed by atoms with Crippen LogP contribution in [0, 0.1) is 0 Å². The lowest BCUT2D eigenvalue weighted by Gasteiger charge is -2.10. The number of allylic oxidation sites excluding steroid dienone is 1. The molecule has 1 fully saturated rings. The van der Waals surface area contributed by atoms with Crippen molar-refractivity contribution in [3.8, 4) is 0 Å². The fourth-order valence-electron chi connectivity index (χ4n) is 0.764. The van der Waals surface area contributed by atoms with E-state index in [0.29, 0.717) is 18.5 Å². The zero-order valence-electron chi connectivity index (χ0n) is 4.96. The third-order valence-electron chi connectivity index (χ3n) is 1.25. The molecule has 1 heterocycles. The molecule has 0 bridgehead atoms. The summed E-state index contributed by atoms with van der Waals surface area (Å²) in [4.78, 5) is 14.9. The highest BCUT2D eigenvalue weighted by Gasteiger charge is 2.24. The van der Waals surface area contributed by atoms with E-state index in [0.717, 1.165) is 5.06 Å². The first-order valence-electron chi connectivity index (χ1n) is 2.63. The first-order chi connectivity index (χ1) is 4.25. The zero-order valence-corrected chi connectivity index (χ0v) is 4.96. The van der Waals surface area contributed by atoms with Gasteiger partial charge in [0.1, 0.15) is 0 Å². The Morgan fingerprint density at radius 1 is 1.67 bits per heavy atom. The number of hydrogen-bond donors (Lipinski definition) is 1. The first kappa shape index (κ1) is 6.25. The average molecular weight is 128 g/mol. The molecule has 1 aliphatic rings. The van der Waals surface area contributed by atoms with E-state index in [-0.39, 0.29) is 5.91 Å². The summed E-state index contributed by atoms with van der Waals surface area (Å²) in [5.74, 6) is 4.64. The van der Waals surface area contributed by atoms with Gasteiger partial charge in [0.25, 0.3) is 5.91 Å². The predicted octanol–water partition coefficient (Wildman–Crippen LogP) is -0.0722. The van der Waals surface area contributed by atoms with Crippen LogP contribution in [-0.2, 0) is 9.73 Å². The summed E-state index contributed by atoms with van der Waals surface area (Å²) in [5.41, 5.74) is 0.627. The molecule has 1 amide bonds. The molecule has 0 unspecified atom stereocenters. The summed E-state index contributed by atoms with van der Waals surface area (Å²) in [7, 11) is 0. The van der Waals surface area contributed by atoms with Gasteiger partial charge in [0.05, 0.1) is 0 Å². The number of rotatable bonds is 1. The van der Waals surface area contributed by atoms with Crippen LogP contribution in [-0.4, -0.2) is 11.0 Å². The van der Waals surface area contributed by atoms with Gasteiger partial charge in [-0.3, -0.25) is 4.79 Å². The smallest absolute Gasteiger partial charge is 0.252 e. The Morgan fingerprint density at radius 3 is 2.56 bits per heavy atom. The van der Waals surface area contributed by atoms with Gasteiger partial charge < -0.3 is 0 Å². The average Bonchev–Trinajstić information content (AvgIpc) is 2.12. The van der Waals surface area contributed by atoms with Crippen molar-refractivity contribution in [1.82, 2.24) is 5.06 Å². The zero-order chi connectivity index (χ0) is 6.85. The summed E-state index contributed by atoms with van der Waals surface area (Å²) < 4.78 is 0. The highest BCUT2D eigenvalue weighted by Crippen LogP contribution is 2.18. The second-order valence-electron chi connectivity index (χ2n) is 1.86. The second-order valence-corrected chi connectivity index (χ2v) is 1.86. The molecule has 0 spiro atoms. The Morgan fingerprint density at radius 2 is 2.33 bits per heavy atom. The molecule has 4 heteroatoms. The van der Waals surface area contributed by atoms with Gasteiger partial charge in [0, 0.05) is 12.1 Å². The summed E-state index contributed by atoms with van der Waals surface area (Å²) in [6.07, 6.45) is 1.10. The molecular formula is C5H8N2O2. The van der Waals surface area contributed by atoms with Crippen molar-refractivity contribution in [2.45, 2.75) is 12.8 Å². The van der Waals surface area contributed by atoms with E-state index in [2.05, 4.69) is 11.5 Å². The maximum absolute atomic E-state index is 10.7. The van der Waals surface area contributed by atoms with Crippen molar-refractivity contribution in [3.05, 3.63) is 12.3 Å². The lowest BCUT2D eigenvalue weighted by Crippen LogP contribution is -2.26. The van der Waals surface area contributed by atoms with E-state index in [9.17, 15) is 4.79 Å². The highest BCUT2D eigenvalue weighted by atomic mass is 16.8. The maximum Gasteiger partial charge on any atom is 0.252 e. The first-order valence-corrected chi connectivity index (χ1v) is 2.63. The summed E-state index contributed by atoms with van der Waals surface area (Å²) in [6, 6.07) is 0. The van der Waals surface area contributed by atoms with Gasteiger partial charge in [-0.1, -0.05) is 6.58 Å². The third kappa shape index (κ3) is 0.940. The van der Waals surface area contributed by atoms with Crippen LogP contribution in [0.4, 0.5) is 0 Å². The van der Waals surface area contributed by atoms with Gasteiger partial charge in [-0.05, 0) is 6.42 Å². The fourth-order valence-corrected chi connectivity index (χ4v) is 0.764. The number of hydroxylamine groups is 2. The summed E-state index contributed by atoms with van der Waals surface area (Å²) >= 11 is 0. The largest absolute Gasteiger partial charge is 0.272 e. The van der Waals surface area contributed by atoms with E-state index < -0.39 is 0 Å². The Kier molecular flexibility index (Phi) is 1.50. The standard InChI is InChI=1S/C5H8N2O2/c1-4-2-3-5(8)7(4)9-6/h1-3,6H2. The summed E-state index contributed by atoms with van der Waals surface area (Å²) in [6.45, 7) is 3.56. The number of nitrogens with zero attached hydrogens (tertiary/aromatic N) is 1. The van der Waals surface area contributed by atoms with Crippen molar-refractivity contribution in [2.75, 3.05) is 0 Å². The molecule has 50 valence electrons. The van der Waals surface area contributed by atoms with Crippen molar-refractivity contribution in [2.24, 2.45) is 5.90 Å². The van der Waals surface area contributed by atoms with Gasteiger partial charge in [0.2, 0.25) is 0 Å². The molecular weight excluding hydrogens is 120 g/mol. The minimum Gasteiger partial charge on any atom is -0.272 e. The molecule has 0 aromatic heterocycles. The number of amides is 1. The molecule has 0 aliphatic carbocycles. The summed E-state index contributed by atoms with van der Waals surface area (Å²) in [5, 5.41) is 1.01. The molecule has 0 aromatic carbocycles. The molecule has 4 nitrogen and oxygen atoms in total. The molecule has 1 aliphatic heterocycles. The lowest BCUT2D eigenvalue weighted by atomic mass is 10.3. The quantitative estimate of drug-likeness (QED) is 0.503. The molecule has 0 aromatic rings. The van der Waals surface area contributed by atoms with Crippen LogP contribution >= 0.6 is 0 Å². The van der Waals surface area contributed by atoms with Crippen LogP contribution in [0.25, 0.3) is 0 Å². The molecule has 0 radical (unpaired) electrons. The number of nitrogens with two attached hydrogens (primary N) is 1. The number of hydrogen-bond acceptors (Lipinski definition) is 3. The van der Waals surface area contributed by atoms with E-state index in [1.807, 2.05) is 0 Å². The Balaban J connectivity index is 2.66. The monoisotopic (exact) mass is 128 g/mol. The van der Waals surface area contributed by atoms with Crippen LogP contribution in [0.3, 0.4) is 0 Å². The van der Waals surface area contributed by atoms with Crippen molar-refractivity contribution in [1.29, 1.82) is 0 Å². The Bertz CT molecular complexity index is 139. The fraction of sp³-hybridized carbons (Fsp3) is 0.400. The third-order valence-corrected chi connectivity index (χ3v) is 1.25. The van der Waals surface area contributed by atoms with Gasteiger partial charge >= 0.3 is 0 Å². The molecule has 1 saturated heterocycles. The topological polar surface area (TPSA) is 55.6 Å². The second kappa shape index (κ2) is 2.16. The number of carbonyl (C=O) groups excluding carboxylic acids is 1. The molecule has 0 atom stereocenters. The van der Waals surface area contributed by atoms with Crippen molar-refractivity contribution < 1.29 is 9.73 Å². The van der Waals surface area contributed by atoms with E-state index in [1.54, 1.807) is 0 Å². The maximum atomic E-state index is 10.7. The lowest BCUT2D eigenvalue weighted by molar-refractivity contribution is -0.169. The van der Waals surface area contributed by atoms with E-state index in [1.165, 1.54) is 0 Å². The van der Waals surface area contributed by atoms with Crippen molar-refractivity contribution in [3.63, 3.8) is 0 Å². The minimum absolute atomic E-state index is 0.123. The molecule has 9 heavy (non-hydrogen) atoms. The van der Waals surface area contributed by atoms with E-state index in [4.69, 9.17) is 5.90 Å². The normalized spacial score (nSPS) is 19.4. The minimum atomic E-state index is -0.123.